The van der Waals surface area contributed by atoms with E-state index in [4.69, 9.17) is 5.73 Å². The number of hydrogen-bond acceptors (Lipinski definition) is 2. The highest BCUT2D eigenvalue weighted by Gasteiger charge is 2.40. The van der Waals surface area contributed by atoms with Crippen LogP contribution in [0.15, 0.2) is 0 Å². The highest BCUT2D eigenvalue weighted by Crippen LogP contribution is 2.39. The number of unbranched alkanes of at least 4 members (excludes halogenated alkanes) is 1. The van der Waals surface area contributed by atoms with Crippen LogP contribution in [0, 0.1) is 5.92 Å². The highest BCUT2D eigenvalue weighted by atomic mass is 15.2. The average molecular weight is 283 g/mol. The van der Waals surface area contributed by atoms with Gasteiger partial charge in [0.05, 0.1) is 0 Å². The molecule has 0 heterocycles. The van der Waals surface area contributed by atoms with E-state index in [0.29, 0.717) is 11.6 Å². The summed E-state index contributed by atoms with van der Waals surface area (Å²) < 4.78 is 0. The first-order valence-corrected chi connectivity index (χ1v) is 9.10. The summed E-state index contributed by atoms with van der Waals surface area (Å²) in [5.41, 5.74) is 6.58. The predicted octanol–water partition coefficient (Wildman–Crippen LogP) is 4.57. The lowest BCUT2D eigenvalue weighted by molar-refractivity contribution is 0.00916. The topological polar surface area (TPSA) is 29.3 Å². The molecule has 2 nitrogen and oxygen atoms in total. The van der Waals surface area contributed by atoms with Gasteiger partial charge in [0.2, 0.25) is 0 Å². The van der Waals surface area contributed by atoms with Crippen molar-refractivity contribution in [3.63, 3.8) is 0 Å². The Morgan fingerprint density at radius 1 is 1.15 bits per heavy atom. The molecule has 0 aromatic carbocycles. The zero-order chi connectivity index (χ0) is 15.0. The number of hydrogen-bond donors (Lipinski definition) is 1. The largest absolute Gasteiger partial charge is 0.329 e. The van der Waals surface area contributed by atoms with Crippen LogP contribution in [0.1, 0.15) is 85.5 Å². The van der Waals surface area contributed by atoms with Gasteiger partial charge in [-0.25, -0.2) is 0 Å². The Morgan fingerprint density at radius 2 is 1.80 bits per heavy atom. The molecule has 1 saturated carbocycles. The summed E-state index contributed by atoms with van der Waals surface area (Å²) in [5.74, 6) is 0.963. The Hall–Kier alpha value is -0.0800. The van der Waals surface area contributed by atoms with Gasteiger partial charge in [-0.2, -0.15) is 0 Å². The molecule has 1 aliphatic carbocycles. The second-order valence-corrected chi connectivity index (χ2v) is 6.96. The minimum absolute atomic E-state index is 0.300. The van der Waals surface area contributed by atoms with Crippen molar-refractivity contribution in [2.45, 2.75) is 97.1 Å². The first-order valence-electron chi connectivity index (χ1n) is 9.10. The summed E-state index contributed by atoms with van der Waals surface area (Å²) in [6.07, 6.45) is 12.0. The second-order valence-electron chi connectivity index (χ2n) is 6.96. The average Bonchev–Trinajstić information content (AvgIpc) is 2.49. The summed E-state index contributed by atoms with van der Waals surface area (Å²) in [4.78, 5) is 2.78. The van der Waals surface area contributed by atoms with Gasteiger partial charge in [-0.3, -0.25) is 4.90 Å². The van der Waals surface area contributed by atoms with Crippen molar-refractivity contribution in [1.82, 2.24) is 4.90 Å². The zero-order valence-electron chi connectivity index (χ0n) is 14.5. The maximum atomic E-state index is 6.28. The van der Waals surface area contributed by atoms with Gasteiger partial charge in [-0.15, -0.1) is 0 Å². The van der Waals surface area contributed by atoms with Gasteiger partial charge in [-0.1, -0.05) is 40.0 Å². The molecule has 120 valence electrons. The van der Waals surface area contributed by atoms with E-state index in [0.717, 1.165) is 12.5 Å². The van der Waals surface area contributed by atoms with E-state index >= 15 is 0 Å². The lowest BCUT2D eigenvalue weighted by Gasteiger charge is -2.50. The lowest BCUT2D eigenvalue weighted by Crippen LogP contribution is -2.58. The smallest absolute Gasteiger partial charge is 0.0334 e. The SMILES string of the molecule is CCCCN(C(C)CC)C1(CN)CCC(CCC)CC1. The molecule has 0 aromatic rings. The normalized spacial score (nSPS) is 28.8. The Morgan fingerprint density at radius 3 is 2.25 bits per heavy atom. The molecule has 1 atom stereocenters. The first-order chi connectivity index (χ1) is 9.63. The van der Waals surface area contributed by atoms with Crippen LogP contribution in [-0.4, -0.2) is 29.6 Å². The van der Waals surface area contributed by atoms with Crippen LogP contribution in [0.25, 0.3) is 0 Å². The van der Waals surface area contributed by atoms with Crippen molar-refractivity contribution < 1.29 is 0 Å². The fourth-order valence-corrected chi connectivity index (χ4v) is 3.99. The molecule has 1 rings (SSSR count). The highest BCUT2D eigenvalue weighted by molar-refractivity contribution is 4.97. The quantitative estimate of drug-likeness (QED) is 0.671. The van der Waals surface area contributed by atoms with Gasteiger partial charge in [0.15, 0.2) is 0 Å². The Balaban J connectivity index is 2.73. The lowest BCUT2D eigenvalue weighted by atomic mass is 9.73. The molecule has 0 aliphatic heterocycles. The molecular weight excluding hydrogens is 244 g/mol. The van der Waals surface area contributed by atoms with Crippen LogP contribution in [0.2, 0.25) is 0 Å². The van der Waals surface area contributed by atoms with E-state index in [2.05, 4.69) is 32.6 Å². The fraction of sp³-hybridized carbons (Fsp3) is 1.00. The van der Waals surface area contributed by atoms with Crippen LogP contribution in [0.3, 0.4) is 0 Å². The molecule has 0 aromatic heterocycles. The molecule has 1 aliphatic rings. The van der Waals surface area contributed by atoms with Crippen molar-refractivity contribution in [3.05, 3.63) is 0 Å². The van der Waals surface area contributed by atoms with Crippen molar-refractivity contribution in [2.75, 3.05) is 13.1 Å². The number of nitrogens with zero attached hydrogens (tertiary/aromatic N) is 1. The summed E-state index contributed by atoms with van der Waals surface area (Å²) in [6, 6.07) is 0.674. The maximum absolute atomic E-state index is 6.28. The molecule has 20 heavy (non-hydrogen) atoms. The van der Waals surface area contributed by atoms with Crippen LogP contribution in [0.5, 0.6) is 0 Å². The summed E-state index contributed by atoms with van der Waals surface area (Å²) in [7, 11) is 0. The van der Waals surface area contributed by atoms with Crippen LogP contribution >= 0.6 is 0 Å². The van der Waals surface area contributed by atoms with Gasteiger partial charge in [0.1, 0.15) is 0 Å². The van der Waals surface area contributed by atoms with E-state index in [1.807, 2.05) is 0 Å². The third-order valence-electron chi connectivity index (χ3n) is 5.60. The molecule has 1 fully saturated rings. The van der Waals surface area contributed by atoms with E-state index in [9.17, 15) is 0 Å². The van der Waals surface area contributed by atoms with E-state index in [1.54, 1.807) is 0 Å². The van der Waals surface area contributed by atoms with Crippen LogP contribution < -0.4 is 5.73 Å². The fourth-order valence-electron chi connectivity index (χ4n) is 3.99. The van der Waals surface area contributed by atoms with Gasteiger partial charge in [0.25, 0.3) is 0 Å². The molecule has 0 radical (unpaired) electrons. The summed E-state index contributed by atoms with van der Waals surface area (Å²) in [5, 5.41) is 0. The van der Waals surface area contributed by atoms with Gasteiger partial charge >= 0.3 is 0 Å². The second kappa shape index (κ2) is 9.04. The van der Waals surface area contributed by atoms with Crippen molar-refractivity contribution in [2.24, 2.45) is 11.7 Å². The van der Waals surface area contributed by atoms with Crippen molar-refractivity contribution >= 4 is 0 Å². The maximum Gasteiger partial charge on any atom is 0.0334 e. The van der Waals surface area contributed by atoms with Crippen molar-refractivity contribution in [3.8, 4) is 0 Å². The molecule has 0 spiro atoms. The third-order valence-corrected chi connectivity index (χ3v) is 5.60. The molecule has 1 unspecified atom stereocenters. The molecule has 0 bridgehead atoms. The minimum Gasteiger partial charge on any atom is -0.329 e. The summed E-state index contributed by atoms with van der Waals surface area (Å²) in [6.45, 7) is 11.4. The third kappa shape index (κ3) is 4.46. The molecule has 2 heteroatoms. The Bertz CT molecular complexity index is 244. The molecule has 2 N–H and O–H groups in total. The van der Waals surface area contributed by atoms with Gasteiger partial charge in [0, 0.05) is 18.1 Å². The minimum atomic E-state index is 0.300. The van der Waals surface area contributed by atoms with E-state index in [1.165, 1.54) is 64.3 Å². The monoisotopic (exact) mass is 282 g/mol. The molecule has 0 amide bonds. The Labute approximate surface area is 127 Å². The van der Waals surface area contributed by atoms with Gasteiger partial charge < -0.3 is 5.73 Å². The van der Waals surface area contributed by atoms with Gasteiger partial charge in [-0.05, 0) is 57.9 Å². The first kappa shape index (κ1) is 18.0. The van der Waals surface area contributed by atoms with Crippen molar-refractivity contribution in [1.29, 1.82) is 0 Å². The summed E-state index contributed by atoms with van der Waals surface area (Å²) >= 11 is 0. The Kier molecular flexibility index (Phi) is 8.13. The zero-order valence-corrected chi connectivity index (χ0v) is 14.5. The van der Waals surface area contributed by atoms with E-state index in [-0.39, 0.29) is 0 Å². The van der Waals surface area contributed by atoms with E-state index < -0.39 is 0 Å². The molecule has 0 saturated heterocycles. The molecular formula is C18H38N2. The standard InChI is InChI=1S/C18H38N2/c1-5-8-14-20(16(4)7-3)18(15-19)12-10-17(9-6-2)11-13-18/h16-17H,5-15,19H2,1-4H3. The van der Waals surface area contributed by atoms with Crippen LogP contribution in [0.4, 0.5) is 0 Å². The predicted molar refractivity (Wildman–Crippen MR) is 90.0 cm³/mol. The van der Waals surface area contributed by atoms with Crippen LogP contribution in [-0.2, 0) is 0 Å². The number of rotatable bonds is 9. The number of nitrogens with two attached hydrogens (primary N) is 1.